The Balaban J connectivity index is 2.19. The zero-order chi connectivity index (χ0) is 13.8. The van der Waals surface area contributed by atoms with Crippen molar-refractivity contribution in [2.75, 3.05) is 0 Å². The van der Waals surface area contributed by atoms with Crippen molar-refractivity contribution >= 4 is 17.6 Å². The lowest BCUT2D eigenvalue weighted by molar-refractivity contribution is 0.0969. The molecule has 0 aliphatic rings. The highest BCUT2D eigenvalue weighted by atomic mass is 16.3. The molecule has 1 aromatic carbocycles. The summed E-state index contributed by atoms with van der Waals surface area (Å²) >= 11 is 0. The number of phenols is 1. The summed E-state index contributed by atoms with van der Waals surface area (Å²) in [6.45, 7) is 1.35. The second-order valence-corrected chi connectivity index (χ2v) is 4.01. The van der Waals surface area contributed by atoms with Crippen molar-refractivity contribution in [1.29, 1.82) is 0 Å². The zero-order valence-corrected chi connectivity index (χ0v) is 10.3. The Morgan fingerprint density at radius 2 is 1.84 bits per heavy atom. The van der Waals surface area contributed by atoms with E-state index in [1.165, 1.54) is 37.5 Å². The summed E-state index contributed by atoms with van der Waals surface area (Å²) in [4.78, 5) is 23.2. The van der Waals surface area contributed by atoms with Gasteiger partial charge in [0.25, 0.3) is 0 Å². The lowest BCUT2D eigenvalue weighted by atomic mass is 10.1. The second kappa shape index (κ2) is 5.35. The van der Waals surface area contributed by atoms with E-state index in [0.717, 1.165) is 5.56 Å². The molecule has 0 aliphatic heterocycles. The van der Waals surface area contributed by atoms with Crippen LogP contribution < -0.4 is 0 Å². The fourth-order valence-electron chi connectivity index (χ4n) is 1.62. The van der Waals surface area contributed by atoms with Crippen molar-refractivity contribution < 1.29 is 19.1 Å². The standard InChI is InChI=1S/C15H12O4/c1-10(16)15-13(8-9-19-15)14(18)7-4-11-2-5-12(17)6-3-11/h2-9,17H,1H3. The molecule has 0 bridgehead atoms. The van der Waals surface area contributed by atoms with Crippen LogP contribution >= 0.6 is 0 Å². The maximum absolute atomic E-state index is 11.9. The molecule has 0 amide bonds. The molecule has 96 valence electrons. The summed E-state index contributed by atoms with van der Waals surface area (Å²) in [5, 5.41) is 9.14. The molecular formula is C15H12O4. The van der Waals surface area contributed by atoms with Gasteiger partial charge in [0.05, 0.1) is 11.8 Å². The first-order valence-electron chi connectivity index (χ1n) is 5.68. The molecule has 0 unspecified atom stereocenters. The van der Waals surface area contributed by atoms with Gasteiger partial charge in [0.15, 0.2) is 17.3 Å². The van der Waals surface area contributed by atoms with Gasteiger partial charge in [-0.15, -0.1) is 0 Å². The average Bonchev–Trinajstić information content (AvgIpc) is 2.87. The number of allylic oxidation sites excluding steroid dienone is 1. The largest absolute Gasteiger partial charge is 0.508 e. The number of rotatable bonds is 4. The minimum atomic E-state index is -0.299. The smallest absolute Gasteiger partial charge is 0.195 e. The van der Waals surface area contributed by atoms with Crippen molar-refractivity contribution in [2.45, 2.75) is 6.92 Å². The van der Waals surface area contributed by atoms with Crippen molar-refractivity contribution in [2.24, 2.45) is 0 Å². The number of hydrogen-bond donors (Lipinski definition) is 1. The lowest BCUT2D eigenvalue weighted by Gasteiger charge is -1.95. The van der Waals surface area contributed by atoms with E-state index in [2.05, 4.69) is 0 Å². The van der Waals surface area contributed by atoms with Crippen molar-refractivity contribution in [3.05, 3.63) is 59.6 Å². The quantitative estimate of drug-likeness (QED) is 0.674. The Bertz CT molecular complexity index is 632. The molecule has 0 radical (unpaired) electrons. The summed E-state index contributed by atoms with van der Waals surface area (Å²) in [5.41, 5.74) is 1.03. The second-order valence-electron chi connectivity index (χ2n) is 4.01. The molecule has 0 saturated carbocycles. The number of Topliss-reactive ketones (excluding diaryl/α,β-unsaturated/α-hetero) is 1. The summed E-state index contributed by atoms with van der Waals surface area (Å²) < 4.78 is 4.98. The molecule has 0 fully saturated rings. The Hall–Kier alpha value is -2.62. The molecule has 19 heavy (non-hydrogen) atoms. The van der Waals surface area contributed by atoms with E-state index < -0.39 is 0 Å². The normalized spacial score (nSPS) is 10.8. The molecule has 0 atom stereocenters. The molecule has 0 saturated heterocycles. The molecule has 0 spiro atoms. The van der Waals surface area contributed by atoms with Crippen LogP contribution in [0.1, 0.15) is 33.4 Å². The van der Waals surface area contributed by atoms with Crippen LogP contribution in [0, 0.1) is 0 Å². The molecule has 1 N–H and O–H groups in total. The molecule has 2 aromatic rings. The Kier molecular flexibility index (Phi) is 3.61. The summed E-state index contributed by atoms with van der Waals surface area (Å²) in [6, 6.07) is 7.90. The van der Waals surface area contributed by atoms with E-state index in [4.69, 9.17) is 9.52 Å². The van der Waals surface area contributed by atoms with Gasteiger partial charge in [-0.25, -0.2) is 0 Å². The number of furan rings is 1. The highest BCUT2D eigenvalue weighted by Crippen LogP contribution is 2.15. The molecular weight excluding hydrogens is 244 g/mol. The van der Waals surface area contributed by atoms with E-state index >= 15 is 0 Å². The van der Waals surface area contributed by atoms with Crippen molar-refractivity contribution in [3.63, 3.8) is 0 Å². The fourth-order valence-corrected chi connectivity index (χ4v) is 1.62. The van der Waals surface area contributed by atoms with Crippen molar-refractivity contribution in [1.82, 2.24) is 0 Å². The summed E-state index contributed by atoms with van der Waals surface area (Å²) in [5.74, 6) is -0.351. The number of aromatic hydroxyl groups is 1. The van der Waals surface area contributed by atoms with Gasteiger partial charge in [-0.2, -0.15) is 0 Å². The maximum atomic E-state index is 11.9. The van der Waals surface area contributed by atoms with E-state index in [1.807, 2.05) is 0 Å². The van der Waals surface area contributed by atoms with Gasteiger partial charge in [0.1, 0.15) is 5.75 Å². The lowest BCUT2D eigenvalue weighted by Crippen LogP contribution is -2.00. The first kappa shape index (κ1) is 12.8. The van der Waals surface area contributed by atoms with Crippen LogP contribution in [0.3, 0.4) is 0 Å². The Morgan fingerprint density at radius 1 is 1.16 bits per heavy atom. The minimum Gasteiger partial charge on any atom is -0.508 e. The number of carbonyl (C=O) groups is 2. The van der Waals surface area contributed by atoms with Gasteiger partial charge in [-0.05, 0) is 29.8 Å². The van der Waals surface area contributed by atoms with E-state index in [1.54, 1.807) is 18.2 Å². The van der Waals surface area contributed by atoms with Gasteiger partial charge < -0.3 is 9.52 Å². The summed E-state index contributed by atoms with van der Waals surface area (Å²) in [6.07, 6.45) is 4.29. The predicted octanol–water partition coefficient (Wildman–Crippen LogP) is 3.08. The van der Waals surface area contributed by atoms with Gasteiger partial charge in [0.2, 0.25) is 0 Å². The first-order valence-corrected chi connectivity index (χ1v) is 5.68. The molecule has 1 heterocycles. The number of phenolic OH excluding ortho intramolecular Hbond substituents is 1. The molecule has 4 nitrogen and oxygen atoms in total. The van der Waals surface area contributed by atoms with E-state index in [9.17, 15) is 9.59 Å². The van der Waals surface area contributed by atoms with Crippen LogP contribution in [-0.2, 0) is 0 Å². The number of carbonyl (C=O) groups excluding carboxylic acids is 2. The van der Waals surface area contributed by atoms with Gasteiger partial charge in [-0.3, -0.25) is 9.59 Å². The SMILES string of the molecule is CC(=O)c1occc1C(=O)C=Cc1ccc(O)cc1. The minimum absolute atomic E-state index is 0.0698. The highest BCUT2D eigenvalue weighted by molar-refractivity contribution is 6.12. The molecule has 4 heteroatoms. The maximum Gasteiger partial charge on any atom is 0.195 e. The van der Waals surface area contributed by atoms with Crippen LogP contribution in [0.4, 0.5) is 0 Å². The monoisotopic (exact) mass is 256 g/mol. The van der Waals surface area contributed by atoms with E-state index in [-0.39, 0.29) is 28.6 Å². The van der Waals surface area contributed by atoms with Crippen molar-refractivity contribution in [3.8, 4) is 5.75 Å². The van der Waals surface area contributed by atoms with Gasteiger partial charge in [-0.1, -0.05) is 18.2 Å². The van der Waals surface area contributed by atoms with E-state index in [0.29, 0.717) is 0 Å². The van der Waals surface area contributed by atoms with Gasteiger partial charge in [0, 0.05) is 6.92 Å². The number of ketones is 2. The number of benzene rings is 1. The van der Waals surface area contributed by atoms with Crippen LogP contribution in [0.5, 0.6) is 5.75 Å². The third kappa shape index (κ3) is 2.98. The fraction of sp³-hybridized carbons (Fsp3) is 0.0667. The Labute approximate surface area is 110 Å². The topological polar surface area (TPSA) is 67.5 Å². The van der Waals surface area contributed by atoms with Crippen LogP contribution in [0.2, 0.25) is 0 Å². The number of hydrogen-bond acceptors (Lipinski definition) is 4. The van der Waals surface area contributed by atoms with Crippen LogP contribution in [-0.4, -0.2) is 16.7 Å². The molecule has 1 aromatic heterocycles. The van der Waals surface area contributed by atoms with Crippen LogP contribution in [0.25, 0.3) is 6.08 Å². The zero-order valence-electron chi connectivity index (χ0n) is 10.3. The van der Waals surface area contributed by atoms with Crippen LogP contribution in [0.15, 0.2) is 47.1 Å². The molecule has 2 rings (SSSR count). The summed E-state index contributed by atoms with van der Waals surface area (Å²) in [7, 11) is 0. The van der Waals surface area contributed by atoms with Gasteiger partial charge >= 0.3 is 0 Å². The third-order valence-corrected chi connectivity index (χ3v) is 2.57. The predicted molar refractivity (Wildman–Crippen MR) is 70.2 cm³/mol. The third-order valence-electron chi connectivity index (χ3n) is 2.57. The first-order chi connectivity index (χ1) is 9.08. The molecule has 0 aliphatic carbocycles. The average molecular weight is 256 g/mol. The highest BCUT2D eigenvalue weighted by Gasteiger charge is 2.15. The Morgan fingerprint density at radius 3 is 2.47 bits per heavy atom.